The molecule has 2 rings (SSSR count). The number of anilines is 1. The first kappa shape index (κ1) is 17.3. The van der Waals surface area contributed by atoms with E-state index in [9.17, 15) is 9.59 Å². The van der Waals surface area contributed by atoms with Crippen LogP contribution in [0.1, 0.15) is 19.8 Å². The fourth-order valence-corrected chi connectivity index (χ4v) is 2.12. The number of hydrogen-bond donors (Lipinski definition) is 3. The summed E-state index contributed by atoms with van der Waals surface area (Å²) in [6.07, 6.45) is 0.429. The number of carbonyl (C=O) groups excluding carboxylic acids is 1. The van der Waals surface area contributed by atoms with Gasteiger partial charge in [0.05, 0.1) is 6.42 Å². The van der Waals surface area contributed by atoms with Gasteiger partial charge in [0.1, 0.15) is 11.5 Å². The third-order valence-corrected chi connectivity index (χ3v) is 3.32. The molecule has 0 aromatic heterocycles. The largest absolute Gasteiger partial charge is 0.481 e. The van der Waals surface area contributed by atoms with Crippen LogP contribution in [-0.4, -0.2) is 23.1 Å². The molecule has 1 atom stereocenters. The minimum atomic E-state index is -0.944. The maximum atomic E-state index is 12.0. The van der Waals surface area contributed by atoms with E-state index >= 15 is 0 Å². The highest BCUT2D eigenvalue weighted by Crippen LogP contribution is 2.23. The van der Waals surface area contributed by atoms with E-state index in [1.807, 2.05) is 37.3 Å². The van der Waals surface area contributed by atoms with Gasteiger partial charge in [0.15, 0.2) is 0 Å². The SMILES string of the molecule is CC[C@@H](CC(=O)O)NC(=O)Nc1cccc(Oc2ccccc2)c1. The molecule has 0 saturated carbocycles. The summed E-state index contributed by atoms with van der Waals surface area (Å²) >= 11 is 0. The average molecular weight is 328 g/mol. The van der Waals surface area contributed by atoms with Gasteiger partial charge in [-0.25, -0.2) is 4.79 Å². The normalized spacial score (nSPS) is 11.4. The van der Waals surface area contributed by atoms with Crippen molar-refractivity contribution in [2.45, 2.75) is 25.8 Å². The van der Waals surface area contributed by atoms with Crippen molar-refractivity contribution in [1.29, 1.82) is 0 Å². The van der Waals surface area contributed by atoms with Gasteiger partial charge >= 0.3 is 12.0 Å². The maximum Gasteiger partial charge on any atom is 0.319 e. The minimum absolute atomic E-state index is 0.110. The van der Waals surface area contributed by atoms with Crippen molar-refractivity contribution in [2.75, 3.05) is 5.32 Å². The molecule has 0 spiro atoms. The Kier molecular flexibility index (Phi) is 6.19. The molecule has 3 N–H and O–H groups in total. The number of nitrogens with one attached hydrogen (secondary N) is 2. The maximum absolute atomic E-state index is 12.0. The number of carboxylic acids is 1. The van der Waals surface area contributed by atoms with Crippen molar-refractivity contribution in [2.24, 2.45) is 0 Å². The Balaban J connectivity index is 1.96. The summed E-state index contributed by atoms with van der Waals surface area (Å²) in [5, 5.41) is 14.1. The third kappa shape index (κ3) is 5.64. The molecule has 0 aliphatic carbocycles. The highest BCUT2D eigenvalue weighted by Gasteiger charge is 2.14. The van der Waals surface area contributed by atoms with Crippen molar-refractivity contribution in [3.05, 3.63) is 54.6 Å². The van der Waals surface area contributed by atoms with E-state index in [1.54, 1.807) is 24.3 Å². The van der Waals surface area contributed by atoms with Crippen LogP contribution in [0.3, 0.4) is 0 Å². The first-order chi connectivity index (χ1) is 11.6. The number of urea groups is 1. The van der Waals surface area contributed by atoms with Crippen molar-refractivity contribution >= 4 is 17.7 Å². The summed E-state index contributed by atoms with van der Waals surface area (Å²) in [7, 11) is 0. The standard InChI is InChI=1S/C18H20N2O4/c1-2-13(12-17(21)22)19-18(23)20-14-7-6-10-16(11-14)24-15-8-4-3-5-9-15/h3-11,13H,2,12H2,1H3,(H,21,22)(H2,19,20,23)/t13-/m0/s1. The Morgan fingerprint density at radius 2 is 1.79 bits per heavy atom. The van der Waals surface area contributed by atoms with E-state index in [-0.39, 0.29) is 6.42 Å². The number of amides is 2. The third-order valence-electron chi connectivity index (χ3n) is 3.32. The van der Waals surface area contributed by atoms with Gasteiger partial charge < -0.3 is 20.5 Å². The first-order valence-corrected chi connectivity index (χ1v) is 7.69. The summed E-state index contributed by atoms with van der Waals surface area (Å²) < 4.78 is 5.71. The molecule has 0 heterocycles. The average Bonchev–Trinajstić information content (AvgIpc) is 2.55. The Morgan fingerprint density at radius 1 is 1.08 bits per heavy atom. The van der Waals surface area contributed by atoms with Crippen LogP contribution in [0.15, 0.2) is 54.6 Å². The van der Waals surface area contributed by atoms with Crippen LogP contribution in [0.2, 0.25) is 0 Å². The summed E-state index contributed by atoms with van der Waals surface area (Å²) in [5.74, 6) is 0.351. The fourth-order valence-electron chi connectivity index (χ4n) is 2.12. The molecule has 126 valence electrons. The van der Waals surface area contributed by atoms with Crippen LogP contribution in [0.25, 0.3) is 0 Å². The second-order valence-corrected chi connectivity index (χ2v) is 5.24. The predicted molar refractivity (Wildman–Crippen MR) is 91.4 cm³/mol. The Hall–Kier alpha value is -3.02. The monoisotopic (exact) mass is 328 g/mol. The van der Waals surface area contributed by atoms with E-state index < -0.39 is 18.0 Å². The van der Waals surface area contributed by atoms with Gasteiger partial charge in [0.25, 0.3) is 0 Å². The van der Waals surface area contributed by atoms with Gasteiger partial charge in [-0.05, 0) is 30.7 Å². The van der Waals surface area contributed by atoms with Gasteiger partial charge in [-0.1, -0.05) is 31.2 Å². The fraction of sp³-hybridized carbons (Fsp3) is 0.222. The summed E-state index contributed by atoms with van der Waals surface area (Å²) in [6, 6.07) is 15.5. The highest BCUT2D eigenvalue weighted by atomic mass is 16.5. The molecule has 0 radical (unpaired) electrons. The number of carbonyl (C=O) groups is 2. The molecule has 2 amide bonds. The van der Waals surface area contributed by atoms with Crippen LogP contribution in [0, 0.1) is 0 Å². The lowest BCUT2D eigenvalue weighted by atomic mass is 10.1. The summed E-state index contributed by atoms with van der Waals surface area (Å²) in [6.45, 7) is 1.82. The molecule has 0 saturated heterocycles. The second kappa shape index (κ2) is 8.57. The Morgan fingerprint density at radius 3 is 2.46 bits per heavy atom. The molecule has 2 aromatic rings. The quantitative estimate of drug-likeness (QED) is 0.720. The van der Waals surface area contributed by atoms with Crippen LogP contribution in [0.4, 0.5) is 10.5 Å². The number of benzene rings is 2. The van der Waals surface area contributed by atoms with Crippen molar-refractivity contribution in [1.82, 2.24) is 5.32 Å². The van der Waals surface area contributed by atoms with E-state index in [0.717, 1.165) is 0 Å². The lowest BCUT2D eigenvalue weighted by molar-refractivity contribution is -0.137. The second-order valence-electron chi connectivity index (χ2n) is 5.24. The molecule has 0 bridgehead atoms. The number of carboxylic acid groups (broad SMARTS) is 1. The van der Waals surface area contributed by atoms with Crippen molar-refractivity contribution in [3.63, 3.8) is 0 Å². The van der Waals surface area contributed by atoms with Gasteiger partial charge in [-0.15, -0.1) is 0 Å². The van der Waals surface area contributed by atoms with Gasteiger partial charge in [-0.3, -0.25) is 4.79 Å². The zero-order chi connectivity index (χ0) is 17.4. The molecule has 2 aromatic carbocycles. The number of aliphatic carboxylic acids is 1. The molecular weight excluding hydrogens is 308 g/mol. The van der Waals surface area contributed by atoms with E-state index in [0.29, 0.717) is 23.6 Å². The molecule has 24 heavy (non-hydrogen) atoms. The molecule has 6 nitrogen and oxygen atoms in total. The van der Waals surface area contributed by atoms with E-state index in [1.165, 1.54) is 0 Å². The summed E-state index contributed by atoms with van der Waals surface area (Å²) in [4.78, 5) is 22.7. The number of rotatable bonds is 7. The zero-order valence-electron chi connectivity index (χ0n) is 13.4. The molecular formula is C18H20N2O4. The minimum Gasteiger partial charge on any atom is -0.481 e. The zero-order valence-corrected chi connectivity index (χ0v) is 13.4. The molecule has 0 aliphatic rings. The smallest absolute Gasteiger partial charge is 0.319 e. The number of hydrogen-bond acceptors (Lipinski definition) is 3. The number of para-hydroxylation sites is 1. The predicted octanol–water partition coefficient (Wildman–Crippen LogP) is 3.85. The summed E-state index contributed by atoms with van der Waals surface area (Å²) in [5.41, 5.74) is 0.561. The lowest BCUT2D eigenvalue weighted by Gasteiger charge is -2.15. The van der Waals surface area contributed by atoms with Crippen molar-refractivity contribution < 1.29 is 19.4 Å². The van der Waals surface area contributed by atoms with E-state index in [4.69, 9.17) is 9.84 Å². The topological polar surface area (TPSA) is 87.7 Å². The van der Waals surface area contributed by atoms with Gasteiger partial charge in [-0.2, -0.15) is 0 Å². The van der Waals surface area contributed by atoms with Crippen LogP contribution in [-0.2, 0) is 4.79 Å². The molecule has 0 aliphatic heterocycles. The lowest BCUT2D eigenvalue weighted by Crippen LogP contribution is -2.38. The molecule has 6 heteroatoms. The van der Waals surface area contributed by atoms with Gasteiger partial charge in [0.2, 0.25) is 0 Å². The Bertz CT molecular complexity index is 688. The van der Waals surface area contributed by atoms with Gasteiger partial charge in [0, 0.05) is 17.8 Å². The van der Waals surface area contributed by atoms with E-state index in [2.05, 4.69) is 10.6 Å². The first-order valence-electron chi connectivity index (χ1n) is 7.69. The molecule has 0 fully saturated rings. The Labute approximate surface area is 140 Å². The van der Waals surface area contributed by atoms with Crippen molar-refractivity contribution in [3.8, 4) is 11.5 Å². The molecule has 0 unspecified atom stereocenters. The number of ether oxygens (including phenoxy) is 1. The highest BCUT2D eigenvalue weighted by molar-refractivity contribution is 5.90. The van der Waals surface area contributed by atoms with Crippen LogP contribution < -0.4 is 15.4 Å². The van der Waals surface area contributed by atoms with Crippen LogP contribution >= 0.6 is 0 Å². The van der Waals surface area contributed by atoms with Crippen LogP contribution in [0.5, 0.6) is 11.5 Å².